The van der Waals surface area contributed by atoms with Gasteiger partial charge in [0.1, 0.15) is 6.04 Å². The number of non-ortho nitro benzene ring substituents is 1. The molecule has 0 radical (unpaired) electrons. The molecule has 7 heteroatoms. The zero-order valence-electron chi connectivity index (χ0n) is 15.4. The molecule has 1 aliphatic heterocycles. The van der Waals surface area contributed by atoms with E-state index in [4.69, 9.17) is 0 Å². The maximum absolute atomic E-state index is 12.4. The van der Waals surface area contributed by atoms with Gasteiger partial charge in [-0.1, -0.05) is 6.07 Å². The van der Waals surface area contributed by atoms with Crippen molar-refractivity contribution in [3.63, 3.8) is 0 Å². The highest BCUT2D eigenvalue weighted by Gasteiger charge is 2.15. The van der Waals surface area contributed by atoms with Crippen LogP contribution in [-0.4, -0.2) is 30.0 Å². The highest BCUT2D eigenvalue weighted by molar-refractivity contribution is 5.96. The molecule has 2 N–H and O–H groups in total. The number of nitro benzene ring substituents is 1. The summed E-state index contributed by atoms with van der Waals surface area (Å²) in [5, 5.41) is 16.7. The van der Waals surface area contributed by atoms with Crippen LogP contribution in [0.25, 0.3) is 0 Å². The van der Waals surface area contributed by atoms with Crippen LogP contribution >= 0.6 is 0 Å². The van der Waals surface area contributed by atoms with Crippen LogP contribution < -0.4 is 15.5 Å². The summed E-state index contributed by atoms with van der Waals surface area (Å²) < 4.78 is 0. The fourth-order valence-corrected chi connectivity index (χ4v) is 3.18. The molecule has 1 saturated heterocycles. The molecule has 1 heterocycles. The van der Waals surface area contributed by atoms with Gasteiger partial charge in [0.25, 0.3) is 5.69 Å². The second-order valence-electron chi connectivity index (χ2n) is 6.76. The first-order chi connectivity index (χ1) is 13.0. The summed E-state index contributed by atoms with van der Waals surface area (Å²) in [6.07, 6.45) is 3.76. The smallest absolute Gasteiger partial charge is 0.271 e. The van der Waals surface area contributed by atoms with Gasteiger partial charge in [0.15, 0.2) is 0 Å². The summed E-state index contributed by atoms with van der Waals surface area (Å²) in [5.41, 5.74) is 2.41. The van der Waals surface area contributed by atoms with Gasteiger partial charge in [0.05, 0.1) is 4.92 Å². The molecule has 27 heavy (non-hydrogen) atoms. The number of hydrogen-bond acceptors (Lipinski definition) is 5. The van der Waals surface area contributed by atoms with Crippen molar-refractivity contribution in [2.45, 2.75) is 32.2 Å². The number of rotatable bonds is 6. The summed E-state index contributed by atoms with van der Waals surface area (Å²) in [4.78, 5) is 25.1. The van der Waals surface area contributed by atoms with Crippen LogP contribution in [0.1, 0.15) is 26.2 Å². The SMILES string of the molecule is CC(Nc1ccc(N2CCCCC2)cc1)C(=O)Nc1cccc([N+](=O)[O-])c1. The Morgan fingerprint density at radius 2 is 1.78 bits per heavy atom. The number of nitro groups is 1. The first-order valence-corrected chi connectivity index (χ1v) is 9.20. The van der Waals surface area contributed by atoms with Crippen LogP contribution in [0.3, 0.4) is 0 Å². The van der Waals surface area contributed by atoms with Crippen LogP contribution in [0.15, 0.2) is 48.5 Å². The van der Waals surface area contributed by atoms with E-state index in [2.05, 4.69) is 27.7 Å². The summed E-state index contributed by atoms with van der Waals surface area (Å²) >= 11 is 0. The largest absolute Gasteiger partial charge is 0.374 e. The van der Waals surface area contributed by atoms with E-state index in [1.165, 1.54) is 37.1 Å². The van der Waals surface area contributed by atoms with Gasteiger partial charge in [0, 0.05) is 42.3 Å². The zero-order chi connectivity index (χ0) is 19.2. The van der Waals surface area contributed by atoms with Crippen molar-refractivity contribution in [2.24, 2.45) is 0 Å². The number of anilines is 3. The fraction of sp³-hybridized carbons (Fsp3) is 0.350. The third kappa shape index (κ3) is 4.97. The third-order valence-electron chi connectivity index (χ3n) is 4.69. The minimum absolute atomic E-state index is 0.0540. The number of benzene rings is 2. The van der Waals surface area contributed by atoms with Crippen molar-refractivity contribution in [2.75, 3.05) is 28.6 Å². The predicted molar refractivity (Wildman–Crippen MR) is 107 cm³/mol. The number of carbonyl (C=O) groups excluding carboxylic acids is 1. The highest BCUT2D eigenvalue weighted by Crippen LogP contribution is 2.22. The Kier molecular flexibility index (Phi) is 5.90. The van der Waals surface area contributed by atoms with E-state index in [9.17, 15) is 14.9 Å². The Balaban J connectivity index is 1.57. The first kappa shape index (κ1) is 18.7. The Morgan fingerprint density at radius 1 is 1.07 bits per heavy atom. The van der Waals surface area contributed by atoms with E-state index in [-0.39, 0.29) is 11.6 Å². The van der Waals surface area contributed by atoms with E-state index in [1.54, 1.807) is 19.1 Å². The Hall–Kier alpha value is -3.09. The molecule has 1 atom stereocenters. The van der Waals surface area contributed by atoms with Crippen LogP contribution in [0, 0.1) is 10.1 Å². The lowest BCUT2D eigenvalue weighted by molar-refractivity contribution is -0.384. The Bertz CT molecular complexity index is 801. The second-order valence-corrected chi connectivity index (χ2v) is 6.76. The van der Waals surface area contributed by atoms with Gasteiger partial charge >= 0.3 is 0 Å². The minimum atomic E-state index is -0.485. The molecule has 2 aromatic rings. The molecule has 1 unspecified atom stereocenters. The Labute approximate surface area is 158 Å². The summed E-state index contributed by atoms with van der Waals surface area (Å²) in [6, 6.07) is 13.5. The molecule has 0 spiro atoms. The second kappa shape index (κ2) is 8.53. The standard InChI is InChI=1S/C20H24N4O3/c1-15(20(25)22-17-6-5-7-19(14-17)24(26)27)21-16-8-10-18(11-9-16)23-12-3-2-4-13-23/h5-11,14-15,21H,2-4,12-13H2,1H3,(H,22,25). The van der Waals surface area contributed by atoms with Crippen molar-refractivity contribution in [3.05, 3.63) is 58.6 Å². The lowest BCUT2D eigenvalue weighted by Crippen LogP contribution is -2.32. The predicted octanol–water partition coefficient (Wildman–Crippen LogP) is 4.02. The summed E-state index contributed by atoms with van der Waals surface area (Å²) in [7, 11) is 0. The normalized spacial score (nSPS) is 15.1. The van der Waals surface area contributed by atoms with E-state index >= 15 is 0 Å². The number of hydrogen-bond donors (Lipinski definition) is 2. The number of piperidine rings is 1. The molecule has 142 valence electrons. The lowest BCUT2D eigenvalue weighted by Gasteiger charge is -2.29. The molecular weight excluding hydrogens is 344 g/mol. The van der Waals surface area contributed by atoms with E-state index in [0.29, 0.717) is 5.69 Å². The quantitative estimate of drug-likeness (QED) is 0.594. The Morgan fingerprint density at radius 3 is 2.44 bits per heavy atom. The van der Waals surface area contributed by atoms with Gasteiger partial charge in [0.2, 0.25) is 5.91 Å². The van der Waals surface area contributed by atoms with Crippen molar-refractivity contribution in [1.29, 1.82) is 0 Å². The van der Waals surface area contributed by atoms with Crippen LogP contribution in [0.4, 0.5) is 22.7 Å². The van der Waals surface area contributed by atoms with Gasteiger partial charge in [-0.05, 0) is 56.5 Å². The number of carbonyl (C=O) groups is 1. The lowest BCUT2D eigenvalue weighted by atomic mass is 10.1. The fourth-order valence-electron chi connectivity index (χ4n) is 3.18. The van der Waals surface area contributed by atoms with E-state index < -0.39 is 11.0 Å². The van der Waals surface area contributed by atoms with Crippen LogP contribution in [0.5, 0.6) is 0 Å². The van der Waals surface area contributed by atoms with Crippen molar-refractivity contribution >= 4 is 28.7 Å². The number of nitrogens with zero attached hydrogens (tertiary/aromatic N) is 2. The number of nitrogens with one attached hydrogen (secondary N) is 2. The van der Waals surface area contributed by atoms with Gasteiger partial charge in [-0.2, -0.15) is 0 Å². The van der Waals surface area contributed by atoms with Crippen LogP contribution in [-0.2, 0) is 4.79 Å². The maximum atomic E-state index is 12.4. The average molecular weight is 368 g/mol. The topological polar surface area (TPSA) is 87.5 Å². The molecule has 7 nitrogen and oxygen atoms in total. The number of amides is 1. The monoisotopic (exact) mass is 368 g/mol. The van der Waals surface area contributed by atoms with Gasteiger partial charge in [-0.3, -0.25) is 14.9 Å². The maximum Gasteiger partial charge on any atom is 0.271 e. The molecule has 1 aliphatic rings. The molecule has 1 amide bonds. The van der Waals surface area contributed by atoms with Gasteiger partial charge < -0.3 is 15.5 Å². The molecular formula is C20H24N4O3. The van der Waals surface area contributed by atoms with Crippen molar-refractivity contribution in [1.82, 2.24) is 0 Å². The highest BCUT2D eigenvalue weighted by atomic mass is 16.6. The summed E-state index contributed by atoms with van der Waals surface area (Å²) in [6.45, 7) is 3.94. The van der Waals surface area contributed by atoms with Crippen LogP contribution in [0.2, 0.25) is 0 Å². The summed E-state index contributed by atoms with van der Waals surface area (Å²) in [5.74, 6) is -0.254. The molecule has 3 rings (SSSR count). The minimum Gasteiger partial charge on any atom is -0.374 e. The molecule has 0 aliphatic carbocycles. The van der Waals surface area contributed by atoms with E-state index in [1.807, 2.05) is 12.1 Å². The zero-order valence-corrected chi connectivity index (χ0v) is 15.4. The average Bonchev–Trinajstić information content (AvgIpc) is 2.69. The molecule has 0 bridgehead atoms. The van der Waals surface area contributed by atoms with Crippen molar-refractivity contribution in [3.8, 4) is 0 Å². The molecule has 1 fully saturated rings. The van der Waals surface area contributed by atoms with E-state index in [0.717, 1.165) is 18.8 Å². The first-order valence-electron chi connectivity index (χ1n) is 9.20. The van der Waals surface area contributed by atoms with Gasteiger partial charge in [-0.15, -0.1) is 0 Å². The molecule has 0 saturated carbocycles. The third-order valence-corrected chi connectivity index (χ3v) is 4.69. The molecule has 0 aromatic heterocycles. The van der Waals surface area contributed by atoms with Gasteiger partial charge in [-0.25, -0.2) is 0 Å². The van der Waals surface area contributed by atoms with Crippen molar-refractivity contribution < 1.29 is 9.72 Å². The molecule has 2 aromatic carbocycles.